The summed E-state index contributed by atoms with van der Waals surface area (Å²) < 4.78 is 0. The maximum absolute atomic E-state index is 11.3. The minimum atomic E-state index is -0.102. The van der Waals surface area contributed by atoms with Gasteiger partial charge in [-0.05, 0) is 0 Å². The molecule has 15 heavy (non-hydrogen) atoms. The summed E-state index contributed by atoms with van der Waals surface area (Å²) in [7, 11) is 1.96. The Morgan fingerprint density at radius 1 is 1.33 bits per heavy atom. The number of amides is 2. The number of hydrogen-bond donors (Lipinski definition) is 0. The molecule has 2 heterocycles. The lowest BCUT2D eigenvalue weighted by molar-refractivity contribution is -0.138. The van der Waals surface area contributed by atoms with Crippen molar-refractivity contribution in [2.24, 2.45) is 4.99 Å². The quantitative estimate of drug-likeness (QED) is 0.629. The van der Waals surface area contributed by atoms with Crippen molar-refractivity contribution in [2.45, 2.75) is 12.8 Å². The Kier molecular flexibility index (Phi) is 2.95. The molecule has 0 N–H and O–H groups in total. The van der Waals surface area contributed by atoms with Crippen LogP contribution in [0.4, 0.5) is 0 Å². The predicted octanol–water partition coefficient (Wildman–Crippen LogP) is 0.127. The van der Waals surface area contributed by atoms with Crippen LogP contribution in [-0.2, 0) is 9.59 Å². The number of nitrogens with zero attached hydrogens (tertiary/aromatic N) is 3. The lowest BCUT2D eigenvalue weighted by Gasteiger charge is -2.13. The predicted molar refractivity (Wildman–Crippen MR) is 58.5 cm³/mol. The summed E-state index contributed by atoms with van der Waals surface area (Å²) in [6.45, 7) is 1.16. The van der Waals surface area contributed by atoms with Crippen molar-refractivity contribution in [3.05, 3.63) is 0 Å². The Morgan fingerprint density at radius 2 is 2.00 bits per heavy atom. The molecule has 82 valence electrons. The van der Waals surface area contributed by atoms with Crippen LogP contribution < -0.4 is 0 Å². The van der Waals surface area contributed by atoms with E-state index in [1.807, 2.05) is 11.9 Å². The first kappa shape index (κ1) is 10.5. The van der Waals surface area contributed by atoms with E-state index >= 15 is 0 Å². The maximum atomic E-state index is 11.3. The zero-order valence-electron chi connectivity index (χ0n) is 8.60. The highest BCUT2D eigenvalue weighted by Gasteiger charge is 2.28. The SMILES string of the molecule is CN1CCSC1=NCN1C(=O)CCC1=O. The van der Waals surface area contributed by atoms with Crippen molar-refractivity contribution in [2.75, 3.05) is 26.0 Å². The summed E-state index contributed by atoms with van der Waals surface area (Å²) in [5.41, 5.74) is 0. The third-order valence-corrected chi connectivity index (χ3v) is 3.57. The van der Waals surface area contributed by atoms with E-state index < -0.39 is 0 Å². The van der Waals surface area contributed by atoms with Gasteiger partial charge in [-0.25, -0.2) is 4.99 Å². The Balaban J connectivity index is 1.97. The first-order valence-electron chi connectivity index (χ1n) is 4.90. The topological polar surface area (TPSA) is 53.0 Å². The van der Waals surface area contributed by atoms with Crippen LogP contribution in [0, 0.1) is 0 Å². The molecule has 0 unspecified atom stereocenters. The summed E-state index contributed by atoms with van der Waals surface area (Å²) in [6.07, 6.45) is 0.680. The smallest absolute Gasteiger partial charge is 0.231 e. The molecule has 2 aliphatic heterocycles. The Morgan fingerprint density at radius 3 is 2.53 bits per heavy atom. The fourth-order valence-electron chi connectivity index (χ4n) is 1.56. The summed E-state index contributed by atoms with van der Waals surface area (Å²) >= 11 is 1.66. The van der Waals surface area contributed by atoms with Crippen LogP contribution >= 0.6 is 11.8 Å². The maximum Gasteiger partial charge on any atom is 0.231 e. The molecule has 2 saturated heterocycles. The van der Waals surface area contributed by atoms with Crippen molar-refractivity contribution >= 4 is 28.7 Å². The van der Waals surface area contributed by atoms with Gasteiger partial charge in [0.1, 0.15) is 6.67 Å². The van der Waals surface area contributed by atoms with E-state index in [1.165, 1.54) is 4.90 Å². The van der Waals surface area contributed by atoms with Gasteiger partial charge in [-0.1, -0.05) is 11.8 Å². The van der Waals surface area contributed by atoms with Crippen molar-refractivity contribution < 1.29 is 9.59 Å². The van der Waals surface area contributed by atoms with Gasteiger partial charge < -0.3 is 4.90 Å². The van der Waals surface area contributed by atoms with Crippen LogP contribution in [0.1, 0.15) is 12.8 Å². The lowest BCUT2D eigenvalue weighted by atomic mass is 10.4. The highest BCUT2D eigenvalue weighted by molar-refractivity contribution is 8.14. The number of aliphatic imine (C=N–C) groups is 1. The Hall–Kier alpha value is -1.04. The average molecular weight is 227 g/mol. The number of carbonyl (C=O) groups excluding carboxylic acids is 2. The largest absolute Gasteiger partial charge is 0.354 e. The summed E-state index contributed by atoms with van der Waals surface area (Å²) in [6, 6.07) is 0. The van der Waals surface area contributed by atoms with E-state index in [9.17, 15) is 9.59 Å². The fraction of sp³-hybridized carbons (Fsp3) is 0.667. The molecular weight excluding hydrogens is 214 g/mol. The first-order chi connectivity index (χ1) is 7.18. The number of imide groups is 1. The van der Waals surface area contributed by atoms with Gasteiger partial charge in [-0.15, -0.1) is 0 Å². The minimum Gasteiger partial charge on any atom is -0.354 e. The molecular formula is C9H13N3O2S. The summed E-state index contributed by atoms with van der Waals surface area (Å²) in [4.78, 5) is 30.1. The van der Waals surface area contributed by atoms with E-state index in [0.29, 0.717) is 12.8 Å². The van der Waals surface area contributed by atoms with Gasteiger partial charge in [-0.3, -0.25) is 14.5 Å². The molecule has 0 saturated carbocycles. The summed E-state index contributed by atoms with van der Waals surface area (Å²) in [5.74, 6) is 0.821. The molecule has 2 rings (SSSR count). The fourth-order valence-corrected chi connectivity index (χ4v) is 2.57. The van der Waals surface area contributed by atoms with Crippen LogP contribution in [0.15, 0.2) is 4.99 Å². The molecule has 2 amide bonds. The molecule has 0 radical (unpaired) electrons. The van der Waals surface area contributed by atoms with Crippen LogP contribution in [0.3, 0.4) is 0 Å². The monoisotopic (exact) mass is 227 g/mol. The van der Waals surface area contributed by atoms with E-state index in [4.69, 9.17) is 0 Å². The number of rotatable bonds is 2. The zero-order chi connectivity index (χ0) is 10.8. The second kappa shape index (κ2) is 4.22. The van der Waals surface area contributed by atoms with Gasteiger partial charge in [0.05, 0.1) is 0 Å². The zero-order valence-corrected chi connectivity index (χ0v) is 9.42. The van der Waals surface area contributed by atoms with E-state index in [2.05, 4.69) is 4.99 Å². The molecule has 0 atom stereocenters. The number of hydrogen-bond acceptors (Lipinski definition) is 4. The van der Waals surface area contributed by atoms with E-state index in [1.54, 1.807) is 11.8 Å². The first-order valence-corrected chi connectivity index (χ1v) is 5.88. The van der Waals surface area contributed by atoms with Gasteiger partial charge in [0, 0.05) is 32.2 Å². The molecule has 0 aromatic rings. The van der Waals surface area contributed by atoms with Crippen molar-refractivity contribution in [3.8, 4) is 0 Å². The standard InChI is InChI=1S/C9H13N3O2S/c1-11-4-5-15-9(11)10-6-12-7(13)2-3-8(12)14/h2-6H2,1H3. The van der Waals surface area contributed by atoms with Gasteiger partial charge >= 0.3 is 0 Å². The Labute approximate surface area is 92.5 Å². The van der Waals surface area contributed by atoms with Gasteiger partial charge in [0.25, 0.3) is 0 Å². The molecule has 0 aromatic heterocycles. The van der Waals surface area contributed by atoms with E-state index in [0.717, 1.165) is 17.5 Å². The molecule has 0 bridgehead atoms. The molecule has 5 nitrogen and oxygen atoms in total. The van der Waals surface area contributed by atoms with Crippen LogP contribution in [0.2, 0.25) is 0 Å². The normalized spacial score (nSPS) is 24.7. The molecule has 6 heteroatoms. The molecule has 0 aromatic carbocycles. The van der Waals surface area contributed by atoms with Gasteiger partial charge in [-0.2, -0.15) is 0 Å². The summed E-state index contributed by atoms with van der Waals surface area (Å²) in [5, 5.41) is 0.919. The number of likely N-dealkylation sites (tertiary alicyclic amines) is 1. The highest BCUT2D eigenvalue weighted by atomic mass is 32.2. The molecule has 2 fully saturated rings. The molecule has 2 aliphatic rings. The van der Waals surface area contributed by atoms with E-state index in [-0.39, 0.29) is 18.5 Å². The van der Waals surface area contributed by atoms with Gasteiger partial charge in [0.15, 0.2) is 5.17 Å². The van der Waals surface area contributed by atoms with Crippen molar-refractivity contribution in [1.82, 2.24) is 9.80 Å². The second-order valence-electron chi connectivity index (χ2n) is 3.57. The number of thioether (sulfide) groups is 1. The van der Waals surface area contributed by atoms with Crippen molar-refractivity contribution in [3.63, 3.8) is 0 Å². The Bertz CT molecular complexity index is 313. The van der Waals surface area contributed by atoms with Gasteiger partial charge in [0.2, 0.25) is 11.8 Å². The minimum absolute atomic E-state index is 0.102. The highest BCUT2D eigenvalue weighted by Crippen LogP contribution is 2.17. The van der Waals surface area contributed by atoms with Crippen LogP contribution in [-0.4, -0.2) is 52.8 Å². The van der Waals surface area contributed by atoms with Crippen LogP contribution in [0.25, 0.3) is 0 Å². The average Bonchev–Trinajstić information content (AvgIpc) is 2.73. The lowest BCUT2D eigenvalue weighted by Crippen LogP contribution is -2.30. The van der Waals surface area contributed by atoms with Crippen molar-refractivity contribution in [1.29, 1.82) is 0 Å². The number of amidine groups is 1. The third-order valence-electron chi connectivity index (χ3n) is 2.49. The van der Waals surface area contributed by atoms with Crippen LogP contribution in [0.5, 0.6) is 0 Å². The number of carbonyl (C=O) groups is 2. The molecule has 0 aliphatic carbocycles. The second-order valence-corrected chi connectivity index (χ2v) is 4.63. The third kappa shape index (κ3) is 2.14. The molecule has 0 spiro atoms.